The average Bonchev–Trinajstić information content (AvgIpc) is 2.24. The van der Waals surface area contributed by atoms with Crippen LogP contribution in [0.3, 0.4) is 0 Å². The molecule has 2 nitrogen and oxygen atoms in total. The van der Waals surface area contributed by atoms with E-state index in [-0.39, 0.29) is 0 Å². The van der Waals surface area contributed by atoms with Crippen molar-refractivity contribution in [2.45, 2.75) is 26.4 Å². The van der Waals surface area contributed by atoms with Crippen molar-refractivity contribution < 1.29 is 4.74 Å². The lowest BCUT2D eigenvalue weighted by Gasteiger charge is -2.30. The second-order valence-electron chi connectivity index (χ2n) is 4.39. The van der Waals surface area contributed by atoms with Crippen molar-refractivity contribution in [2.75, 3.05) is 13.1 Å². The fourth-order valence-electron chi connectivity index (χ4n) is 2.02. The van der Waals surface area contributed by atoms with Gasteiger partial charge in [0.05, 0.1) is 0 Å². The standard InChI is InChI=1S/C13H19NO/c1-10-5-3-4-6-12(10)15-13-7-8-14-9-11(13)2/h3-6,11,13-14H,7-9H2,1-2H3. The maximum atomic E-state index is 6.06. The highest BCUT2D eigenvalue weighted by Crippen LogP contribution is 2.22. The van der Waals surface area contributed by atoms with Crippen molar-refractivity contribution in [3.05, 3.63) is 29.8 Å². The van der Waals surface area contributed by atoms with Crippen LogP contribution in [-0.2, 0) is 0 Å². The molecule has 2 rings (SSSR count). The van der Waals surface area contributed by atoms with Crippen LogP contribution in [0.25, 0.3) is 0 Å². The van der Waals surface area contributed by atoms with Gasteiger partial charge in [0.2, 0.25) is 0 Å². The van der Waals surface area contributed by atoms with Gasteiger partial charge in [-0.1, -0.05) is 25.1 Å². The molecular formula is C13H19NO. The maximum absolute atomic E-state index is 6.06. The van der Waals surface area contributed by atoms with Crippen molar-refractivity contribution in [3.8, 4) is 5.75 Å². The van der Waals surface area contributed by atoms with E-state index in [2.05, 4.69) is 31.3 Å². The minimum Gasteiger partial charge on any atom is -0.490 e. The molecule has 0 aromatic heterocycles. The average molecular weight is 205 g/mol. The normalized spacial score (nSPS) is 26.3. The molecule has 2 atom stereocenters. The summed E-state index contributed by atoms with van der Waals surface area (Å²) in [5.74, 6) is 1.63. The van der Waals surface area contributed by atoms with E-state index in [4.69, 9.17) is 4.74 Å². The first kappa shape index (κ1) is 10.5. The van der Waals surface area contributed by atoms with Gasteiger partial charge in [0.1, 0.15) is 11.9 Å². The Morgan fingerprint density at radius 3 is 2.87 bits per heavy atom. The van der Waals surface area contributed by atoms with Crippen LogP contribution in [0.2, 0.25) is 0 Å². The summed E-state index contributed by atoms with van der Waals surface area (Å²) in [6.07, 6.45) is 1.47. The number of piperidine rings is 1. The van der Waals surface area contributed by atoms with Crippen LogP contribution in [0.15, 0.2) is 24.3 Å². The van der Waals surface area contributed by atoms with Crippen molar-refractivity contribution in [1.29, 1.82) is 0 Å². The third-order valence-corrected chi connectivity index (χ3v) is 3.08. The van der Waals surface area contributed by atoms with Gasteiger partial charge in [-0.25, -0.2) is 0 Å². The van der Waals surface area contributed by atoms with E-state index < -0.39 is 0 Å². The van der Waals surface area contributed by atoms with Gasteiger partial charge >= 0.3 is 0 Å². The summed E-state index contributed by atoms with van der Waals surface area (Å²) in [5.41, 5.74) is 1.23. The molecule has 2 heteroatoms. The highest BCUT2D eigenvalue weighted by Gasteiger charge is 2.22. The number of para-hydroxylation sites is 1. The van der Waals surface area contributed by atoms with Gasteiger partial charge in [-0.05, 0) is 31.5 Å². The van der Waals surface area contributed by atoms with E-state index in [0.717, 1.165) is 25.3 Å². The molecule has 15 heavy (non-hydrogen) atoms. The zero-order valence-electron chi connectivity index (χ0n) is 9.49. The summed E-state index contributed by atoms with van der Waals surface area (Å²) < 4.78 is 6.06. The van der Waals surface area contributed by atoms with Crippen LogP contribution in [0.1, 0.15) is 18.9 Å². The second-order valence-corrected chi connectivity index (χ2v) is 4.39. The highest BCUT2D eigenvalue weighted by atomic mass is 16.5. The monoisotopic (exact) mass is 205 g/mol. The number of aryl methyl sites for hydroxylation is 1. The van der Waals surface area contributed by atoms with Crippen LogP contribution in [0, 0.1) is 12.8 Å². The molecule has 0 saturated carbocycles. The van der Waals surface area contributed by atoms with Gasteiger partial charge in [-0.2, -0.15) is 0 Å². The molecule has 1 aromatic carbocycles. The molecular weight excluding hydrogens is 186 g/mol. The van der Waals surface area contributed by atoms with Crippen molar-refractivity contribution in [2.24, 2.45) is 5.92 Å². The summed E-state index contributed by atoms with van der Waals surface area (Å²) in [7, 11) is 0. The van der Waals surface area contributed by atoms with E-state index in [1.807, 2.05) is 12.1 Å². The molecule has 0 spiro atoms. The fourth-order valence-corrected chi connectivity index (χ4v) is 2.02. The molecule has 0 radical (unpaired) electrons. The van der Waals surface area contributed by atoms with Gasteiger partial charge in [0.15, 0.2) is 0 Å². The number of benzene rings is 1. The SMILES string of the molecule is Cc1ccccc1OC1CCNCC1C. The van der Waals surface area contributed by atoms with Gasteiger partial charge in [0.25, 0.3) is 0 Å². The molecule has 1 saturated heterocycles. The lowest BCUT2D eigenvalue weighted by atomic mass is 9.98. The maximum Gasteiger partial charge on any atom is 0.122 e. The molecule has 1 heterocycles. The highest BCUT2D eigenvalue weighted by molar-refractivity contribution is 5.32. The number of hydrogen-bond acceptors (Lipinski definition) is 2. The molecule has 0 amide bonds. The predicted octanol–water partition coefficient (Wildman–Crippen LogP) is 2.37. The minimum absolute atomic E-state index is 0.368. The molecule has 82 valence electrons. The predicted molar refractivity (Wildman–Crippen MR) is 62.2 cm³/mol. The zero-order chi connectivity index (χ0) is 10.7. The summed E-state index contributed by atoms with van der Waals surface area (Å²) >= 11 is 0. The van der Waals surface area contributed by atoms with Crippen molar-refractivity contribution >= 4 is 0 Å². The first-order chi connectivity index (χ1) is 7.27. The Balaban J connectivity index is 2.04. The van der Waals surface area contributed by atoms with Gasteiger partial charge < -0.3 is 10.1 Å². The largest absolute Gasteiger partial charge is 0.490 e. The smallest absolute Gasteiger partial charge is 0.122 e. The third-order valence-electron chi connectivity index (χ3n) is 3.08. The Morgan fingerprint density at radius 2 is 2.13 bits per heavy atom. The van der Waals surface area contributed by atoms with Gasteiger partial charge in [-0.15, -0.1) is 0 Å². The van der Waals surface area contributed by atoms with E-state index in [0.29, 0.717) is 12.0 Å². The molecule has 1 fully saturated rings. The third kappa shape index (κ3) is 2.51. The lowest BCUT2D eigenvalue weighted by molar-refractivity contribution is 0.111. The minimum atomic E-state index is 0.368. The van der Waals surface area contributed by atoms with Gasteiger partial charge in [-0.3, -0.25) is 0 Å². The first-order valence-electron chi connectivity index (χ1n) is 5.70. The molecule has 0 bridgehead atoms. The van der Waals surface area contributed by atoms with Crippen LogP contribution < -0.4 is 10.1 Å². The quantitative estimate of drug-likeness (QED) is 0.800. The molecule has 2 unspecified atom stereocenters. The van der Waals surface area contributed by atoms with E-state index in [9.17, 15) is 0 Å². The van der Waals surface area contributed by atoms with Crippen molar-refractivity contribution in [3.63, 3.8) is 0 Å². The molecule has 1 N–H and O–H groups in total. The van der Waals surface area contributed by atoms with Crippen LogP contribution in [-0.4, -0.2) is 19.2 Å². The number of nitrogens with one attached hydrogen (secondary N) is 1. The molecule has 1 aromatic rings. The second kappa shape index (κ2) is 4.67. The Morgan fingerprint density at radius 1 is 1.33 bits per heavy atom. The summed E-state index contributed by atoms with van der Waals surface area (Å²) in [5, 5.41) is 3.38. The molecule has 1 aliphatic rings. The summed E-state index contributed by atoms with van der Waals surface area (Å²) in [4.78, 5) is 0. The topological polar surface area (TPSA) is 21.3 Å². The Bertz CT molecular complexity index is 324. The number of ether oxygens (including phenoxy) is 1. The van der Waals surface area contributed by atoms with E-state index in [1.54, 1.807) is 0 Å². The first-order valence-corrected chi connectivity index (χ1v) is 5.70. The number of rotatable bonds is 2. The summed E-state index contributed by atoms with van der Waals surface area (Å²) in [6, 6.07) is 8.24. The van der Waals surface area contributed by atoms with Crippen molar-refractivity contribution in [1.82, 2.24) is 5.32 Å². The Hall–Kier alpha value is -1.02. The van der Waals surface area contributed by atoms with Crippen LogP contribution in [0.4, 0.5) is 0 Å². The van der Waals surface area contributed by atoms with Gasteiger partial charge in [0, 0.05) is 12.5 Å². The zero-order valence-corrected chi connectivity index (χ0v) is 9.49. The lowest BCUT2D eigenvalue weighted by Crippen LogP contribution is -2.41. The summed E-state index contributed by atoms with van der Waals surface area (Å²) in [6.45, 7) is 6.48. The van der Waals surface area contributed by atoms with E-state index >= 15 is 0 Å². The fraction of sp³-hybridized carbons (Fsp3) is 0.538. The van der Waals surface area contributed by atoms with Crippen LogP contribution in [0.5, 0.6) is 5.75 Å². The Kier molecular flexibility index (Phi) is 3.27. The molecule has 1 aliphatic heterocycles. The Labute approximate surface area is 91.6 Å². The molecule has 0 aliphatic carbocycles. The van der Waals surface area contributed by atoms with E-state index in [1.165, 1.54) is 5.56 Å². The number of hydrogen-bond donors (Lipinski definition) is 1. The van der Waals surface area contributed by atoms with Crippen LogP contribution >= 0.6 is 0 Å².